The molecule has 2 aromatic heterocycles. The Morgan fingerprint density at radius 2 is 1.96 bits per heavy atom. The minimum atomic E-state index is -4.41. The van der Waals surface area contributed by atoms with Gasteiger partial charge in [-0.05, 0) is 19.4 Å². The monoisotopic (exact) mass is 385 g/mol. The van der Waals surface area contributed by atoms with Crippen molar-refractivity contribution in [2.45, 2.75) is 39.5 Å². The SMILES string of the molecule is CCCCNc1nc(N)ncc1OCc1nccc(OCC(F)(F)F)c1C. The lowest BCUT2D eigenvalue weighted by atomic mass is 10.2. The fourth-order valence-electron chi connectivity index (χ4n) is 2.17. The van der Waals surface area contributed by atoms with E-state index in [9.17, 15) is 13.2 Å². The number of nitrogens with one attached hydrogen (secondary N) is 1. The van der Waals surface area contributed by atoms with Crippen LogP contribution in [-0.4, -0.2) is 34.3 Å². The van der Waals surface area contributed by atoms with Crippen molar-refractivity contribution < 1.29 is 22.6 Å². The maximum atomic E-state index is 12.4. The number of ether oxygens (including phenoxy) is 2. The Hall–Kier alpha value is -2.78. The first-order valence-electron chi connectivity index (χ1n) is 8.43. The van der Waals surface area contributed by atoms with E-state index < -0.39 is 12.8 Å². The number of halogens is 3. The molecule has 0 amide bonds. The van der Waals surface area contributed by atoms with Crippen molar-refractivity contribution in [1.29, 1.82) is 0 Å². The molecule has 2 rings (SSSR count). The van der Waals surface area contributed by atoms with E-state index in [0.29, 0.717) is 29.4 Å². The molecule has 0 aliphatic heterocycles. The van der Waals surface area contributed by atoms with Crippen molar-refractivity contribution >= 4 is 11.8 Å². The Kier molecular flexibility index (Phi) is 7.03. The third-order valence-corrected chi connectivity index (χ3v) is 3.61. The molecular weight excluding hydrogens is 363 g/mol. The highest BCUT2D eigenvalue weighted by atomic mass is 19.4. The first-order valence-corrected chi connectivity index (χ1v) is 8.43. The zero-order chi connectivity index (χ0) is 19.9. The van der Waals surface area contributed by atoms with Crippen LogP contribution >= 0.6 is 0 Å². The second-order valence-corrected chi connectivity index (χ2v) is 5.79. The maximum Gasteiger partial charge on any atom is 0.422 e. The van der Waals surface area contributed by atoms with Crippen molar-refractivity contribution in [3.63, 3.8) is 0 Å². The predicted molar refractivity (Wildman–Crippen MR) is 94.7 cm³/mol. The number of hydrogen-bond acceptors (Lipinski definition) is 7. The van der Waals surface area contributed by atoms with Crippen LogP contribution in [0.1, 0.15) is 31.0 Å². The van der Waals surface area contributed by atoms with Crippen LogP contribution in [0.4, 0.5) is 24.9 Å². The maximum absolute atomic E-state index is 12.4. The van der Waals surface area contributed by atoms with Crippen molar-refractivity contribution in [1.82, 2.24) is 15.0 Å². The molecule has 0 saturated heterocycles. The van der Waals surface area contributed by atoms with E-state index in [1.54, 1.807) is 6.92 Å². The zero-order valence-corrected chi connectivity index (χ0v) is 15.1. The normalized spacial score (nSPS) is 11.3. The van der Waals surface area contributed by atoms with Crippen LogP contribution in [0.25, 0.3) is 0 Å². The van der Waals surface area contributed by atoms with Crippen LogP contribution < -0.4 is 20.5 Å². The molecule has 148 valence electrons. The summed E-state index contributed by atoms with van der Waals surface area (Å²) < 4.78 is 47.6. The third-order valence-electron chi connectivity index (χ3n) is 3.61. The van der Waals surface area contributed by atoms with Gasteiger partial charge in [-0.15, -0.1) is 0 Å². The van der Waals surface area contributed by atoms with Gasteiger partial charge in [0.2, 0.25) is 5.95 Å². The van der Waals surface area contributed by atoms with Gasteiger partial charge in [0.05, 0.1) is 11.9 Å². The number of anilines is 2. The predicted octanol–water partition coefficient (Wildman–Crippen LogP) is 3.49. The molecule has 0 aromatic carbocycles. The number of pyridine rings is 1. The Morgan fingerprint density at radius 1 is 1.19 bits per heavy atom. The second-order valence-electron chi connectivity index (χ2n) is 5.79. The summed E-state index contributed by atoms with van der Waals surface area (Å²) in [6.07, 6.45) is 0.361. The number of alkyl halides is 3. The lowest BCUT2D eigenvalue weighted by Crippen LogP contribution is -2.20. The summed E-state index contributed by atoms with van der Waals surface area (Å²) in [6.45, 7) is 3.04. The highest BCUT2D eigenvalue weighted by Crippen LogP contribution is 2.26. The van der Waals surface area contributed by atoms with Crippen molar-refractivity contribution in [2.24, 2.45) is 0 Å². The van der Waals surface area contributed by atoms with Gasteiger partial charge in [-0.25, -0.2) is 4.98 Å². The molecule has 0 aliphatic rings. The molecule has 0 spiro atoms. The second kappa shape index (κ2) is 9.24. The topological polar surface area (TPSA) is 95.2 Å². The van der Waals surface area contributed by atoms with Gasteiger partial charge in [-0.3, -0.25) is 4.98 Å². The summed E-state index contributed by atoms with van der Waals surface area (Å²) in [5.41, 5.74) is 6.53. The van der Waals surface area contributed by atoms with E-state index >= 15 is 0 Å². The fourth-order valence-corrected chi connectivity index (χ4v) is 2.17. The summed E-state index contributed by atoms with van der Waals surface area (Å²) in [6, 6.07) is 1.38. The minimum absolute atomic E-state index is 0.0186. The lowest BCUT2D eigenvalue weighted by molar-refractivity contribution is -0.153. The Labute approximate surface area is 155 Å². The van der Waals surface area contributed by atoms with E-state index in [2.05, 4.69) is 27.2 Å². The van der Waals surface area contributed by atoms with Crippen molar-refractivity contribution in [3.05, 3.63) is 29.7 Å². The van der Waals surface area contributed by atoms with E-state index in [0.717, 1.165) is 12.8 Å². The van der Waals surface area contributed by atoms with E-state index in [1.807, 2.05) is 0 Å². The highest BCUT2D eigenvalue weighted by molar-refractivity contribution is 5.51. The molecule has 0 saturated carbocycles. The summed E-state index contributed by atoms with van der Waals surface area (Å²) in [5.74, 6) is 1.05. The quantitative estimate of drug-likeness (QED) is 0.638. The standard InChI is InChI=1S/C17H22F3N5O2/c1-3-4-6-23-15-14(8-24-16(21)25-15)26-9-12-11(2)13(5-7-22-12)27-10-17(18,19)20/h5,7-8H,3-4,6,9-10H2,1-2H3,(H3,21,23,24,25). The van der Waals surface area contributed by atoms with Gasteiger partial charge in [0.25, 0.3) is 0 Å². The number of nitrogens with zero attached hydrogens (tertiary/aromatic N) is 3. The number of aromatic nitrogens is 3. The number of unbranched alkanes of at least 4 members (excludes halogenated alkanes) is 1. The van der Waals surface area contributed by atoms with E-state index in [1.165, 1.54) is 18.5 Å². The molecule has 2 heterocycles. The van der Waals surface area contributed by atoms with Crippen LogP contribution in [0.5, 0.6) is 11.5 Å². The fraction of sp³-hybridized carbons (Fsp3) is 0.471. The first kappa shape index (κ1) is 20.5. The molecule has 0 aliphatic carbocycles. The molecule has 2 aromatic rings. The number of nitrogens with two attached hydrogens (primary N) is 1. The van der Waals surface area contributed by atoms with Gasteiger partial charge in [-0.2, -0.15) is 18.2 Å². The van der Waals surface area contributed by atoms with Crippen molar-refractivity contribution in [2.75, 3.05) is 24.2 Å². The van der Waals surface area contributed by atoms with Gasteiger partial charge in [0.1, 0.15) is 12.4 Å². The smallest absolute Gasteiger partial charge is 0.422 e. The van der Waals surface area contributed by atoms with Crippen LogP contribution in [0.15, 0.2) is 18.5 Å². The number of rotatable bonds is 9. The van der Waals surface area contributed by atoms with Crippen molar-refractivity contribution in [3.8, 4) is 11.5 Å². The van der Waals surface area contributed by atoms with Gasteiger partial charge in [-0.1, -0.05) is 13.3 Å². The molecule has 7 nitrogen and oxygen atoms in total. The third kappa shape index (κ3) is 6.46. The molecular formula is C17H22F3N5O2. The Morgan fingerprint density at radius 3 is 2.67 bits per heavy atom. The summed E-state index contributed by atoms with van der Waals surface area (Å²) in [7, 11) is 0. The molecule has 0 fully saturated rings. The average Bonchev–Trinajstić information content (AvgIpc) is 2.60. The van der Waals surface area contributed by atoms with E-state index in [4.69, 9.17) is 15.2 Å². The first-order chi connectivity index (χ1) is 12.8. The van der Waals surface area contributed by atoms with Crippen LogP contribution in [0.3, 0.4) is 0 Å². The van der Waals surface area contributed by atoms with Gasteiger partial charge < -0.3 is 20.5 Å². The van der Waals surface area contributed by atoms with Gasteiger partial charge in [0, 0.05) is 18.3 Å². The lowest BCUT2D eigenvalue weighted by Gasteiger charge is -2.15. The van der Waals surface area contributed by atoms with Gasteiger partial charge in [0.15, 0.2) is 18.2 Å². The average molecular weight is 385 g/mol. The van der Waals surface area contributed by atoms with Crippen LogP contribution in [-0.2, 0) is 6.61 Å². The van der Waals surface area contributed by atoms with Gasteiger partial charge >= 0.3 is 6.18 Å². The Balaban J connectivity index is 2.08. The highest BCUT2D eigenvalue weighted by Gasteiger charge is 2.28. The zero-order valence-electron chi connectivity index (χ0n) is 15.1. The Bertz CT molecular complexity index is 756. The van der Waals surface area contributed by atoms with Crippen LogP contribution in [0.2, 0.25) is 0 Å². The largest absolute Gasteiger partial charge is 0.484 e. The molecule has 10 heteroatoms. The summed E-state index contributed by atoms with van der Waals surface area (Å²) in [4.78, 5) is 12.2. The number of hydrogen-bond donors (Lipinski definition) is 2. The molecule has 27 heavy (non-hydrogen) atoms. The molecule has 0 atom stereocenters. The molecule has 0 unspecified atom stereocenters. The number of nitrogen functional groups attached to an aromatic ring is 1. The van der Waals surface area contributed by atoms with Crippen LogP contribution in [0, 0.1) is 6.92 Å². The summed E-state index contributed by atoms with van der Waals surface area (Å²) in [5, 5.41) is 3.13. The minimum Gasteiger partial charge on any atom is -0.484 e. The molecule has 0 radical (unpaired) electrons. The summed E-state index contributed by atoms with van der Waals surface area (Å²) >= 11 is 0. The van der Waals surface area contributed by atoms with E-state index in [-0.39, 0.29) is 18.3 Å². The molecule has 3 N–H and O–H groups in total. The molecule has 0 bridgehead atoms.